The van der Waals surface area contributed by atoms with Crippen LogP contribution in [0, 0.1) is 10.1 Å². The normalized spacial score (nSPS) is 10.3. The van der Waals surface area contributed by atoms with E-state index in [2.05, 4.69) is 15.5 Å². The fourth-order valence-corrected chi connectivity index (χ4v) is 1.95. The topological polar surface area (TPSA) is 131 Å². The fourth-order valence-electron chi connectivity index (χ4n) is 1.95. The van der Waals surface area contributed by atoms with Gasteiger partial charge in [-0.2, -0.15) is 0 Å². The monoisotopic (exact) mass is 326 g/mol. The van der Waals surface area contributed by atoms with Crippen LogP contribution in [-0.2, 0) is 0 Å². The molecule has 9 heteroatoms. The quantitative estimate of drug-likeness (QED) is 0.556. The number of nitrogens with zero attached hydrogens (tertiary/aromatic N) is 3. The number of rotatable bonds is 4. The third kappa shape index (κ3) is 3.04. The van der Waals surface area contributed by atoms with Gasteiger partial charge in [-0.05, 0) is 24.3 Å². The molecule has 9 nitrogen and oxygen atoms in total. The Morgan fingerprint density at radius 3 is 2.50 bits per heavy atom. The van der Waals surface area contributed by atoms with Crippen molar-refractivity contribution in [1.82, 2.24) is 10.2 Å². The number of aromatic hydroxyl groups is 1. The molecule has 0 fully saturated rings. The van der Waals surface area contributed by atoms with E-state index in [4.69, 9.17) is 4.42 Å². The van der Waals surface area contributed by atoms with Gasteiger partial charge in [0, 0.05) is 17.7 Å². The SMILES string of the molecule is O=C(Nc1nnc(-c2ccc([N+](=O)[O-])cc2)o1)c1ccccc1O. The summed E-state index contributed by atoms with van der Waals surface area (Å²) in [5.41, 5.74) is 0.468. The van der Waals surface area contributed by atoms with Crippen LogP contribution in [0.1, 0.15) is 10.4 Å². The predicted octanol–water partition coefficient (Wildman–Crippen LogP) is 2.60. The van der Waals surface area contributed by atoms with Crippen LogP contribution >= 0.6 is 0 Å². The maximum Gasteiger partial charge on any atom is 0.322 e. The van der Waals surface area contributed by atoms with Gasteiger partial charge in [-0.3, -0.25) is 20.2 Å². The van der Waals surface area contributed by atoms with Gasteiger partial charge in [0.05, 0.1) is 10.5 Å². The number of hydrogen-bond donors (Lipinski definition) is 2. The summed E-state index contributed by atoms with van der Waals surface area (Å²) >= 11 is 0. The van der Waals surface area contributed by atoms with Crippen LogP contribution in [-0.4, -0.2) is 26.1 Å². The first-order valence-corrected chi connectivity index (χ1v) is 6.72. The Labute approximate surface area is 134 Å². The van der Waals surface area contributed by atoms with Crippen molar-refractivity contribution in [1.29, 1.82) is 0 Å². The van der Waals surface area contributed by atoms with Gasteiger partial charge in [-0.25, -0.2) is 0 Å². The summed E-state index contributed by atoms with van der Waals surface area (Å²) in [6, 6.07) is 11.4. The third-order valence-electron chi connectivity index (χ3n) is 3.12. The summed E-state index contributed by atoms with van der Waals surface area (Å²) in [7, 11) is 0. The van der Waals surface area contributed by atoms with Gasteiger partial charge in [0.25, 0.3) is 11.6 Å². The van der Waals surface area contributed by atoms with E-state index in [1.807, 2.05) is 0 Å². The van der Waals surface area contributed by atoms with Crippen LogP contribution in [0.4, 0.5) is 11.7 Å². The molecule has 0 atom stereocenters. The summed E-state index contributed by atoms with van der Waals surface area (Å²) < 4.78 is 5.30. The molecule has 0 saturated carbocycles. The Hall–Kier alpha value is -3.75. The van der Waals surface area contributed by atoms with Crippen molar-refractivity contribution in [2.24, 2.45) is 0 Å². The molecule has 0 spiro atoms. The minimum absolute atomic E-state index is 0.0626. The lowest BCUT2D eigenvalue weighted by Gasteiger charge is -2.02. The molecule has 1 amide bonds. The van der Waals surface area contributed by atoms with E-state index in [0.717, 1.165) is 0 Å². The van der Waals surface area contributed by atoms with Crippen molar-refractivity contribution in [3.05, 3.63) is 64.2 Å². The highest BCUT2D eigenvalue weighted by Crippen LogP contribution is 2.23. The van der Waals surface area contributed by atoms with Crippen LogP contribution in [0.5, 0.6) is 5.75 Å². The van der Waals surface area contributed by atoms with Gasteiger partial charge in [-0.15, -0.1) is 5.10 Å². The molecule has 2 N–H and O–H groups in total. The second-order valence-electron chi connectivity index (χ2n) is 4.69. The molecule has 0 saturated heterocycles. The predicted molar refractivity (Wildman–Crippen MR) is 82.4 cm³/mol. The summed E-state index contributed by atoms with van der Waals surface area (Å²) in [5, 5.41) is 30.1. The fraction of sp³-hybridized carbons (Fsp3) is 0. The molecule has 1 heterocycles. The molecule has 0 unspecified atom stereocenters. The number of nitro benzene ring substituents is 1. The maximum atomic E-state index is 12.0. The van der Waals surface area contributed by atoms with Crippen molar-refractivity contribution in [2.75, 3.05) is 5.32 Å². The number of phenols is 1. The van der Waals surface area contributed by atoms with E-state index < -0.39 is 10.8 Å². The number of aromatic nitrogens is 2. The van der Waals surface area contributed by atoms with Gasteiger partial charge in [0.1, 0.15) is 5.75 Å². The van der Waals surface area contributed by atoms with Crippen molar-refractivity contribution in [3.8, 4) is 17.2 Å². The number of nitro groups is 1. The Bertz CT molecular complexity index is 904. The van der Waals surface area contributed by atoms with Gasteiger partial charge in [0.2, 0.25) is 5.89 Å². The second kappa shape index (κ2) is 6.16. The zero-order valence-corrected chi connectivity index (χ0v) is 12.0. The second-order valence-corrected chi connectivity index (χ2v) is 4.69. The average Bonchev–Trinajstić information content (AvgIpc) is 3.03. The number of para-hydroxylation sites is 1. The van der Waals surface area contributed by atoms with Gasteiger partial charge in [-0.1, -0.05) is 17.2 Å². The highest BCUT2D eigenvalue weighted by atomic mass is 16.6. The summed E-state index contributed by atoms with van der Waals surface area (Å²) in [6.07, 6.45) is 0. The lowest BCUT2D eigenvalue weighted by atomic mass is 10.2. The summed E-state index contributed by atoms with van der Waals surface area (Å²) in [6.45, 7) is 0. The lowest BCUT2D eigenvalue weighted by molar-refractivity contribution is -0.384. The minimum Gasteiger partial charge on any atom is -0.507 e. The summed E-state index contributed by atoms with van der Waals surface area (Å²) in [4.78, 5) is 22.1. The van der Waals surface area contributed by atoms with E-state index in [0.29, 0.717) is 5.56 Å². The number of benzene rings is 2. The Morgan fingerprint density at radius 1 is 1.12 bits per heavy atom. The molecule has 0 aliphatic rings. The van der Waals surface area contributed by atoms with Gasteiger partial charge < -0.3 is 9.52 Å². The van der Waals surface area contributed by atoms with Crippen LogP contribution in [0.25, 0.3) is 11.5 Å². The smallest absolute Gasteiger partial charge is 0.322 e. The first-order chi connectivity index (χ1) is 11.5. The van der Waals surface area contributed by atoms with E-state index >= 15 is 0 Å². The van der Waals surface area contributed by atoms with Crippen LogP contribution in [0.2, 0.25) is 0 Å². The molecule has 3 rings (SSSR count). The van der Waals surface area contributed by atoms with Crippen molar-refractivity contribution < 1.29 is 19.2 Å². The van der Waals surface area contributed by atoms with E-state index in [1.54, 1.807) is 12.1 Å². The average molecular weight is 326 g/mol. The van der Waals surface area contributed by atoms with Crippen molar-refractivity contribution in [2.45, 2.75) is 0 Å². The first-order valence-electron chi connectivity index (χ1n) is 6.72. The lowest BCUT2D eigenvalue weighted by Crippen LogP contribution is -2.12. The zero-order valence-electron chi connectivity index (χ0n) is 12.0. The van der Waals surface area contributed by atoms with Crippen LogP contribution in [0.3, 0.4) is 0 Å². The van der Waals surface area contributed by atoms with Crippen molar-refractivity contribution >= 4 is 17.6 Å². The molecule has 0 aliphatic carbocycles. The number of non-ortho nitro benzene ring substituents is 1. The van der Waals surface area contributed by atoms with Gasteiger partial charge in [0.15, 0.2) is 0 Å². The Kier molecular flexibility index (Phi) is 3.89. The molecule has 0 radical (unpaired) electrons. The standard InChI is InChI=1S/C15H10N4O5/c20-12-4-2-1-3-11(12)13(21)16-15-18-17-14(24-15)9-5-7-10(8-6-9)19(22)23/h1-8,20H,(H,16,18,21). The highest BCUT2D eigenvalue weighted by Gasteiger charge is 2.15. The maximum absolute atomic E-state index is 12.0. The molecular formula is C15H10N4O5. The van der Waals surface area contributed by atoms with E-state index in [9.17, 15) is 20.0 Å². The molecule has 1 aromatic heterocycles. The first kappa shape index (κ1) is 15.2. The number of phenolic OH excluding ortho intramolecular Hbond substituents is 1. The molecule has 0 aliphatic heterocycles. The van der Waals surface area contributed by atoms with E-state index in [1.165, 1.54) is 36.4 Å². The number of nitrogens with one attached hydrogen (secondary N) is 1. The molecule has 2 aromatic carbocycles. The molecule has 0 bridgehead atoms. The third-order valence-corrected chi connectivity index (χ3v) is 3.12. The number of carbonyl (C=O) groups excluding carboxylic acids is 1. The molecule has 24 heavy (non-hydrogen) atoms. The number of carbonyl (C=O) groups is 1. The summed E-state index contributed by atoms with van der Waals surface area (Å²) in [5.74, 6) is -0.686. The molecular weight excluding hydrogens is 316 g/mol. The van der Waals surface area contributed by atoms with Crippen molar-refractivity contribution in [3.63, 3.8) is 0 Å². The Balaban J connectivity index is 1.77. The minimum atomic E-state index is -0.605. The highest BCUT2D eigenvalue weighted by molar-refractivity contribution is 6.05. The van der Waals surface area contributed by atoms with E-state index in [-0.39, 0.29) is 28.9 Å². The molecule has 120 valence electrons. The molecule has 3 aromatic rings. The largest absolute Gasteiger partial charge is 0.507 e. The van der Waals surface area contributed by atoms with Gasteiger partial charge >= 0.3 is 6.01 Å². The Morgan fingerprint density at radius 2 is 1.83 bits per heavy atom. The number of amides is 1. The number of anilines is 1. The van der Waals surface area contributed by atoms with Crippen LogP contribution in [0.15, 0.2) is 52.9 Å². The number of hydrogen-bond acceptors (Lipinski definition) is 7. The zero-order chi connectivity index (χ0) is 17.1. The van der Waals surface area contributed by atoms with Crippen LogP contribution < -0.4 is 5.32 Å².